The van der Waals surface area contributed by atoms with Crippen LogP contribution in [0.4, 0.5) is 8.78 Å². The standard InChI is InChI=1S/C13H14ClF2NO3S/c1-13(2)3-4-17(7-13)12(18)9-5-8(15)6-10(11(9)16)21(14,19)20/h5-6H,3-4,7H2,1-2H3. The van der Waals surface area contributed by atoms with E-state index in [1.165, 1.54) is 4.90 Å². The fraction of sp³-hybridized carbons (Fsp3) is 0.462. The number of carbonyl (C=O) groups is 1. The maximum Gasteiger partial charge on any atom is 0.264 e. The van der Waals surface area contributed by atoms with Gasteiger partial charge in [0.2, 0.25) is 0 Å². The predicted octanol–water partition coefficient (Wildman–Crippen LogP) is 2.76. The predicted molar refractivity (Wildman–Crippen MR) is 73.7 cm³/mol. The number of amides is 1. The summed E-state index contributed by atoms with van der Waals surface area (Å²) in [4.78, 5) is 12.6. The molecular weight excluding hydrogens is 324 g/mol. The van der Waals surface area contributed by atoms with Crippen molar-refractivity contribution in [2.24, 2.45) is 5.41 Å². The second kappa shape index (κ2) is 5.21. The first kappa shape index (κ1) is 16.2. The Hall–Kier alpha value is -1.21. The Morgan fingerprint density at radius 1 is 1.33 bits per heavy atom. The zero-order chi connectivity index (χ0) is 16.0. The molecule has 21 heavy (non-hydrogen) atoms. The van der Waals surface area contributed by atoms with Gasteiger partial charge in [0.25, 0.3) is 15.0 Å². The Kier molecular flexibility index (Phi) is 4.01. The number of halogens is 3. The highest BCUT2D eigenvalue weighted by atomic mass is 35.7. The number of hydrogen-bond acceptors (Lipinski definition) is 3. The van der Waals surface area contributed by atoms with Crippen LogP contribution in [0.1, 0.15) is 30.6 Å². The van der Waals surface area contributed by atoms with E-state index in [9.17, 15) is 22.0 Å². The summed E-state index contributed by atoms with van der Waals surface area (Å²) in [5.41, 5.74) is -0.729. The molecule has 0 saturated carbocycles. The van der Waals surface area contributed by atoms with E-state index in [2.05, 4.69) is 0 Å². The lowest BCUT2D eigenvalue weighted by Crippen LogP contribution is -2.31. The van der Waals surface area contributed by atoms with E-state index < -0.39 is 37.1 Å². The molecule has 8 heteroatoms. The average molecular weight is 338 g/mol. The molecule has 1 fully saturated rings. The van der Waals surface area contributed by atoms with Crippen LogP contribution >= 0.6 is 10.7 Å². The van der Waals surface area contributed by atoms with E-state index in [0.29, 0.717) is 25.2 Å². The van der Waals surface area contributed by atoms with Crippen LogP contribution < -0.4 is 0 Å². The van der Waals surface area contributed by atoms with Crippen molar-refractivity contribution >= 4 is 25.6 Å². The van der Waals surface area contributed by atoms with E-state index in [0.717, 1.165) is 6.42 Å². The molecule has 4 nitrogen and oxygen atoms in total. The van der Waals surface area contributed by atoms with E-state index >= 15 is 0 Å². The van der Waals surface area contributed by atoms with Gasteiger partial charge in [-0.2, -0.15) is 0 Å². The quantitative estimate of drug-likeness (QED) is 0.780. The zero-order valence-corrected chi connectivity index (χ0v) is 13.1. The molecule has 1 aromatic rings. The van der Waals surface area contributed by atoms with E-state index in [1.54, 1.807) is 0 Å². The first-order valence-corrected chi connectivity index (χ1v) is 8.55. The second-order valence-corrected chi connectivity index (χ2v) is 8.38. The van der Waals surface area contributed by atoms with Gasteiger partial charge in [-0.15, -0.1) is 0 Å². The van der Waals surface area contributed by atoms with Gasteiger partial charge in [0.15, 0.2) is 5.82 Å². The second-order valence-electron chi connectivity index (χ2n) is 5.84. The van der Waals surface area contributed by atoms with Crippen LogP contribution in [-0.4, -0.2) is 32.3 Å². The molecule has 116 valence electrons. The van der Waals surface area contributed by atoms with E-state index in [4.69, 9.17) is 10.7 Å². The minimum Gasteiger partial charge on any atom is -0.338 e. The van der Waals surface area contributed by atoms with Gasteiger partial charge >= 0.3 is 0 Å². The van der Waals surface area contributed by atoms with Crippen LogP contribution in [0.15, 0.2) is 17.0 Å². The van der Waals surface area contributed by atoms with Crippen LogP contribution in [0.5, 0.6) is 0 Å². The maximum absolute atomic E-state index is 14.2. The highest BCUT2D eigenvalue weighted by Gasteiger charge is 2.34. The third-order valence-electron chi connectivity index (χ3n) is 3.46. The van der Waals surface area contributed by atoms with Crippen LogP contribution in [0, 0.1) is 17.0 Å². The van der Waals surface area contributed by atoms with Crippen molar-refractivity contribution in [3.8, 4) is 0 Å². The normalized spacial score (nSPS) is 18.0. The van der Waals surface area contributed by atoms with Crippen LogP contribution in [-0.2, 0) is 9.05 Å². The van der Waals surface area contributed by atoms with E-state index in [1.807, 2.05) is 13.8 Å². The summed E-state index contributed by atoms with van der Waals surface area (Å²) in [6.45, 7) is 4.71. The van der Waals surface area contributed by atoms with Gasteiger partial charge in [0, 0.05) is 23.8 Å². The highest BCUT2D eigenvalue weighted by molar-refractivity contribution is 8.13. The summed E-state index contributed by atoms with van der Waals surface area (Å²) in [6.07, 6.45) is 0.732. The Morgan fingerprint density at radius 3 is 2.43 bits per heavy atom. The molecule has 0 N–H and O–H groups in total. The molecule has 1 aliphatic heterocycles. The number of rotatable bonds is 2. The minimum atomic E-state index is -4.47. The number of likely N-dealkylation sites (tertiary alicyclic amines) is 1. The average Bonchev–Trinajstić information content (AvgIpc) is 2.70. The Labute approximate surface area is 126 Å². The summed E-state index contributed by atoms with van der Waals surface area (Å²) < 4.78 is 50.1. The first-order chi connectivity index (χ1) is 9.51. The van der Waals surface area contributed by atoms with Gasteiger partial charge < -0.3 is 4.90 Å². The van der Waals surface area contributed by atoms with Crippen molar-refractivity contribution in [1.82, 2.24) is 4.90 Å². The lowest BCUT2D eigenvalue weighted by atomic mass is 9.93. The van der Waals surface area contributed by atoms with Crippen molar-refractivity contribution in [3.05, 3.63) is 29.3 Å². The van der Waals surface area contributed by atoms with Gasteiger partial charge in [-0.3, -0.25) is 4.79 Å². The molecule has 0 radical (unpaired) electrons. The van der Waals surface area contributed by atoms with Crippen LogP contribution in [0.3, 0.4) is 0 Å². The summed E-state index contributed by atoms with van der Waals surface area (Å²) >= 11 is 0. The SMILES string of the molecule is CC1(C)CCN(C(=O)c2cc(F)cc(S(=O)(=O)Cl)c2F)C1. The van der Waals surface area contributed by atoms with Crippen LogP contribution in [0.2, 0.25) is 0 Å². The van der Waals surface area contributed by atoms with Gasteiger partial charge in [0.05, 0.1) is 5.56 Å². The topological polar surface area (TPSA) is 54.5 Å². The molecule has 0 bridgehead atoms. The third-order valence-corrected chi connectivity index (χ3v) is 4.78. The van der Waals surface area contributed by atoms with Crippen molar-refractivity contribution in [2.45, 2.75) is 25.2 Å². The molecule has 0 atom stereocenters. The van der Waals surface area contributed by atoms with Crippen LogP contribution in [0.25, 0.3) is 0 Å². The van der Waals surface area contributed by atoms with Crippen molar-refractivity contribution in [2.75, 3.05) is 13.1 Å². The van der Waals surface area contributed by atoms with Crippen molar-refractivity contribution < 1.29 is 22.0 Å². The maximum atomic E-state index is 14.2. The van der Waals surface area contributed by atoms with Crippen molar-refractivity contribution in [1.29, 1.82) is 0 Å². The molecule has 1 saturated heterocycles. The molecule has 0 spiro atoms. The largest absolute Gasteiger partial charge is 0.338 e. The summed E-state index contributed by atoms with van der Waals surface area (Å²) in [6, 6.07) is 1.15. The Bertz CT molecular complexity index is 704. The Morgan fingerprint density at radius 2 is 1.95 bits per heavy atom. The molecule has 2 rings (SSSR count). The molecule has 1 aromatic carbocycles. The number of carbonyl (C=O) groups excluding carboxylic acids is 1. The molecule has 0 aliphatic carbocycles. The molecule has 0 unspecified atom stereocenters. The van der Waals surface area contributed by atoms with Gasteiger partial charge in [0.1, 0.15) is 10.7 Å². The number of hydrogen-bond donors (Lipinski definition) is 0. The van der Waals surface area contributed by atoms with Crippen molar-refractivity contribution in [3.63, 3.8) is 0 Å². The van der Waals surface area contributed by atoms with E-state index in [-0.39, 0.29) is 5.41 Å². The van der Waals surface area contributed by atoms with Gasteiger partial charge in [-0.05, 0) is 24.0 Å². The fourth-order valence-corrected chi connectivity index (χ4v) is 3.27. The highest BCUT2D eigenvalue weighted by Crippen LogP contribution is 2.31. The zero-order valence-electron chi connectivity index (χ0n) is 11.5. The first-order valence-electron chi connectivity index (χ1n) is 6.24. The lowest BCUT2D eigenvalue weighted by molar-refractivity contribution is 0.0772. The van der Waals surface area contributed by atoms with Gasteiger partial charge in [-0.1, -0.05) is 13.8 Å². The third kappa shape index (κ3) is 3.35. The lowest BCUT2D eigenvalue weighted by Gasteiger charge is -2.20. The number of benzene rings is 1. The molecule has 1 amide bonds. The summed E-state index contributed by atoms with van der Waals surface area (Å²) in [5, 5.41) is 0. The summed E-state index contributed by atoms with van der Waals surface area (Å²) in [7, 11) is 0.586. The summed E-state index contributed by atoms with van der Waals surface area (Å²) in [5.74, 6) is -3.09. The van der Waals surface area contributed by atoms with Gasteiger partial charge in [-0.25, -0.2) is 17.2 Å². The minimum absolute atomic E-state index is 0.110. The molecule has 1 aliphatic rings. The molecule has 1 heterocycles. The monoisotopic (exact) mass is 337 g/mol. The smallest absolute Gasteiger partial charge is 0.264 e. The fourth-order valence-electron chi connectivity index (χ4n) is 2.35. The number of nitrogens with zero attached hydrogens (tertiary/aromatic N) is 1. The Balaban J connectivity index is 2.46. The molecular formula is C13H14ClF2NO3S. The molecule has 0 aromatic heterocycles.